The van der Waals surface area contributed by atoms with Crippen molar-refractivity contribution in [2.75, 3.05) is 13.1 Å². The number of hydrogen-bond acceptors (Lipinski definition) is 5. The number of aromatic nitrogens is 2. The minimum absolute atomic E-state index is 0.706. The van der Waals surface area contributed by atoms with E-state index in [-0.39, 0.29) is 0 Å². The van der Waals surface area contributed by atoms with Gasteiger partial charge in [0.05, 0.1) is 11.8 Å². The van der Waals surface area contributed by atoms with E-state index in [1.54, 1.807) is 17.6 Å². The van der Waals surface area contributed by atoms with Crippen molar-refractivity contribution in [3.63, 3.8) is 0 Å². The maximum absolute atomic E-state index is 5.29. The molecule has 19 heavy (non-hydrogen) atoms. The Morgan fingerprint density at radius 2 is 2.21 bits per heavy atom. The number of rotatable bonds is 7. The van der Waals surface area contributed by atoms with E-state index < -0.39 is 0 Å². The molecule has 0 saturated heterocycles. The van der Waals surface area contributed by atoms with Crippen molar-refractivity contribution >= 4 is 11.3 Å². The molecule has 2 aromatic rings. The molecule has 0 bridgehead atoms. The second-order valence-electron chi connectivity index (χ2n) is 5.09. The Morgan fingerprint density at radius 3 is 2.89 bits per heavy atom. The van der Waals surface area contributed by atoms with Crippen LogP contribution >= 0.6 is 11.3 Å². The van der Waals surface area contributed by atoms with Crippen molar-refractivity contribution in [3.8, 4) is 10.6 Å². The fourth-order valence-electron chi connectivity index (χ4n) is 1.83. The second-order valence-corrected chi connectivity index (χ2v) is 6.16. The molecule has 0 aliphatic heterocycles. The van der Waals surface area contributed by atoms with Gasteiger partial charge in [0.25, 0.3) is 0 Å². The minimum Gasteiger partial charge on any atom is -0.469 e. The number of nitrogens with one attached hydrogen (secondary N) is 1. The minimum atomic E-state index is 0.706. The summed E-state index contributed by atoms with van der Waals surface area (Å²) in [4.78, 5) is 0. The first-order valence-corrected chi connectivity index (χ1v) is 7.56. The van der Waals surface area contributed by atoms with Crippen LogP contribution in [0.15, 0.2) is 16.7 Å². The van der Waals surface area contributed by atoms with Crippen LogP contribution in [0.4, 0.5) is 0 Å². The van der Waals surface area contributed by atoms with Crippen LogP contribution in [0.2, 0.25) is 0 Å². The van der Waals surface area contributed by atoms with E-state index in [1.807, 2.05) is 13.0 Å². The van der Waals surface area contributed by atoms with Crippen molar-refractivity contribution in [1.29, 1.82) is 0 Å². The standard InChI is InChI=1S/C14H21N3OS/c1-10(2)9-15-7-4-5-13-16-17-14(19-13)12-6-8-18-11(12)3/h6,8,10,15H,4-5,7,9H2,1-3H3. The predicted molar refractivity (Wildman–Crippen MR) is 78.4 cm³/mol. The predicted octanol–water partition coefficient (Wildman–Crippen LogP) is 3.28. The van der Waals surface area contributed by atoms with Gasteiger partial charge in [-0.25, -0.2) is 0 Å². The Morgan fingerprint density at radius 1 is 1.37 bits per heavy atom. The molecule has 0 amide bonds. The van der Waals surface area contributed by atoms with Gasteiger partial charge in [0.2, 0.25) is 0 Å². The maximum atomic E-state index is 5.29. The third kappa shape index (κ3) is 4.14. The van der Waals surface area contributed by atoms with E-state index in [2.05, 4.69) is 29.4 Å². The molecular weight excluding hydrogens is 258 g/mol. The molecule has 5 heteroatoms. The van der Waals surface area contributed by atoms with Gasteiger partial charge in [-0.3, -0.25) is 0 Å². The first-order valence-electron chi connectivity index (χ1n) is 6.74. The summed E-state index contributed by atoms with van der Waals surface area (Å²) in [6, 6.07) is 1.95. The molecule has 2 rings (SSSR count). The van der Waals surface area contributed by atoms with E-state index in [0.717, 1.165) is 47.3 Å². The molecule has 0 fully saturated rings. The maximum Gasteiger partial charge on any atom is 0.151 e. The van der Waals surface area contributed by atoms with Crippen LogP contribution < -0.4 is 5.32 Å². The highest BCUT2D eigenvalue weighted by molar-refractivity contribution is 7.14. The summed E-state index contributed by atoms with van der Waals surface area (Å²) >= 11 is 1.66. The Kier molecular flexibility index (Phi) is 5.10. The first kappa shape index (κ1) is 14.2. The SMILES string of the molecule is Cc1occc1-c1nnc(CCCNCC(C)C)s1. The van der Waals surface area contributed by atoms with Crippen molar-refractivity contribution in [2.45, 2.75) is 33.6 Å². The van der Waals surface area contributed by atoms with Gasteiger partial charge in [0.1, 0.15) is 10.8 Å². The summed E-state index contributed by atoms with van der Waals surface area (Å²) in [5.41, 5.74) is 1.06. The van der Waals surface area contributed by atoms with E-state index >= 15 is 0 Å². The molecule has 4 nitrogen and oxygen atoms in total. The molecule has 0 saturated carbocycles. The second kappa shape index (κ2) is 6.82. The van der Waals surface area contributed by atoms with Crippen molar-refractivity contribution < 1.29 is 4.42 Å². The van der Waals surface area contributed by atoms with Crippen molar-refractivity contribution in [2.24, 2.45) is 5.92 Å². The average Bonchev–Trinajstić information content (AvgIpc) is 2.97. The van der Waals surface area contributed by atoms with Gasteiger partial charge >= 0.3 is 0 Å². The monoisotopic (exact) mass is 279 g/mol. The largest absolute Gasteiger partial charge is 0.469 e. The summed E-state index contributed by atoms with van der Waals surface area (Å²) < 4.78 is 5.29. The van der Waals surface area contributed by atoms with E-state index in [1.165, 1.54) is 0 Å². The van der Waals surface area contributed by atoms with Gasteiger partial charge in [-0.1, -0.05) is 25.2 Å². The Bertz CT molecular complexity index is 504. The van der Waals surface area contributed by atoms with Crippen LogP contribution in [0.5, 0.6) is 0 Å². The van der Waals surface area contributed by atoms with Crippen LogP contribution in [-0.2, 0) is 6.42 Å². The molecule has 0 spiro atoms. The lowest BCUT2D eigenvalue weighted by molar-refractivity contribution is 0.535. The van der Waals surface area contributed by atoms with Crippen LogP contribution in [-0.4, -0.2) is 23.3 Å². The number of aryl methyl sites for hydroxylation is 2. The number of hydrogen-bond donors (Lipinski definition) is 1. The first-order chi connectivity index (χ1) is 9.16. The average molecular weight is 279 g/mol. The third-order valence-electron chi connectivity index (χ3n) is 2.85. The van der Waals surface area contributed by atoms with E-state index in [4.69, 9.17) is 4.42 Å². The van der Waals surface area contributed by atoms with Gasteiger partial charge in [-0.2, -0.15) is 0 Å². The summed E-state index contributed by atoms with van der Waals surface area (Å²) in [7, 11) is 0. The number of nitrogens with zero attached hydrogens (tertiary/aromatic N) is 2. The fraction of sp³-hybridized carbons (Fsp3) is 0.571. The zero-order chi connectivity index (χ0) is 13.7. The van der Waals surface area contributed by atoms with Crippen LogP contribution in [0.1, 0.15) is 31.0 Å². The zero-order valence-corrected chi connectivity index (χ0v) is 12.6. The summed E-state index contributed by atoms with van der Waals surface area (Å²) in [6.45, 7) is 8.51. The molecule has 0 aromatic carbocycles. The highest BCUT2D eigenvalue weighted by Gasteiger charge is 2.10. The van der Waals surface area contributed by atoms with E-state index in [9.17, 15) is 0 Å². The smallest absolute Gasteiger partial charge is 0.151 e. The summed E-state index contributed by atoms with van der Waals surface area (Å²) in [5, 5.41) is 14.0. The van der Waals surface area contributed by atoms with Crippen LogP contribution in [0.25, 0.3) is 10.6 Å². The van der Waals surface area contributed by atoms with Gasteiger partial charge < -0.3 is 9.73 Å². The quantitative estimate of drug-likeness (QED) is 0.790. The molecule has 0 atom stereocenters. The molecule has 1 N–H and O–H groups in total. The highest BCUT2D eigenvalue weighted by Crippen LogP contribution is 2.27. The van der Waals surface area contributed by atoms with Crippen molar-refractivity contribution in [3.05, 3.63) is 23.1 Å². The van der Waals surface area contributed by atoms with E-state index in [0.29, 0.717) is 5.92 Å². The topological polar surface area (TPSA) is 51.0 Å². The number of furan rings is 1. The fourth-order valence-corrected chi connectivity index (χ4v) is 2.78. The Balaban J connectivity index is 1.80. The molecular formula is C14H21N3OS. The van der Waals surface area contributed by atoms with Gasteiger partial charge in [0, 0.05) is 6.42 Å². The lowest BCUT2D eigenvalue weighted by Crippen LogP contribution is -2.21. The molecule has 2 aromatic heterocycles. The molecule has 2 heterocycles. The summed E-state index contributed by atoms with van der Waals surface area (Å²) in [6.07, 6.45) is 3.78. The molecule has 0 aliphatic carbocycles. The lowest BCUT2D eigenvalue weighted by Gasteiger charge is -2.05. The van der Waals surface area contributed by atoms with Crippen LogP contribution in [0, 0.1) is 12.8 Å². The Labute approximate surface area is 118 Å². The molecule has 0 aliphatic rings. The molecule has 0 unspecified atom stereocenters. The molecule has 104 valence electrons. The summed E-state index contributed by atoms with van der Waals surface area (Å²) in [5.74, 6) is 1.61. The molecule has 0 radical (unpaired) electrons. The van der Waals surface area contributed by atoms with Gasteiger partial charge in [-0.15, -0.1) is 10.2 Å². The van der Waals surface area contributed by atoms with Gasteiger partial charge in [0.15, 0.2) is 5.01 Å². The van der Waals surface area contributed by atoms with Gasteiger partial charge in [-0.05, 0) is 38.4 Å². The van der Waals surface area contributed by atoms with Crippen molar-refractivity contribution in [1.82, 2.24) is 15.5 Å². The lowest BCUT2D eigenvalue weighted by atomic mass is 10.2. The third-order valence-corrected chi connectivity index (χ3v) is 3.87. The zero-order valence-electron chi connectivity index (χ0n) is 11.8. The normalized spacial score (nSPS) is 11.4. The highest BCUT2D eigenvalue weighted by atomic mass is 32.1. The van der Waals surface area contributed by atoms with Crippen LogP contribution in [0.3, 0.4) is 0 Å². The Hall–Kier alpha value is -1.20.